The van der Waals surface area contributed by atoms with E-state index in [1.54, 1.807) is 0 Å². The Morgan fingerprint density at radius 2 is 1.68 bits per heavy atom. The number of para-hydroxylation sites is 2. The van der Waals surface area contributed by atoms with Crippen molar-refractivity contribution in [2.75, 3.05) is 11.4 Å². The number of anilines is 1. The molecule has 4 aromatic rings. The standard InChI is InChI=1S/C27H27N3O/c1-18-9-12-21(13-10-18)16-30-24-7-5-4-6-23(24)28-27(30)22-15-26(31)29(17-22)25-14-19(2)8-11-20(25)3/h4-14,22H,15-17H2,1-3H3/t22-/m1/s1. The lowest BCUT2D eigenvalue weighted by molar-refractivity contribution is -0.117. The molecule has 1 fully saturated rings. The molecule has 1 aromatic heterocycles. The van der Waals surface area contributed by atoms with E-state index in [0.717, 1.165) is 34.7 Å². The van der Waals surface area contributed by atoms with Gasteiger partial charge in [0.2, 0.25) is 5.91 Å². The number of aromatic nitrogens is 2. The minimum atomic E-state index is 0.0743. The van der Waals surface area contributed by atoms with Gasteiger partial charge in [-0.25, -0.2) is 4.98 Å². The first-order chi connectivity index (χ1) is 15.0. The normalized spacial score (nSPS) is 16.4. The zero-order chi connectivity index (χ0) is 21.5. The highest BCUT2D eigenvalue weighted by Crippen LogP contribution is 2.35. The van der Waals surface area contributed by atoms with Gasteiger partial charge in [0, 0.05) is 31.1 Å². The number of imidazole rings is 1. The molecule has 0 radical (unpaired) electrons. The fourth-order valence-corrected chi connectivity index (χ4v) is 4.57. The van der Waals surface area contributed by atoms with Crippen molar-refractivity contribution >= 4 is 22.6 Å². The van der Waals surface area contributed by atoms with Crippen LogP contribution >= 0.6 is 0 Å². The van der Waals surface area contributed by atoms with Crippen LogP contribution < -0.4 is 4.90 Å². The number of aryl methyl sites for hydroxylation is 3. The minimum absolute atomic E-state index is 0.0743. The number of benzene rings is 3. The zero-order valence-electron chi connectivity index (χ0n) is 18.3. The molecule has 1 aliphatic heterocycles. The fourth-order valence-electron chi connectivity index (χ4n) is 4.57. The van der Waals surface area contributed by atoms with E-state index >= 15 is 0 Å². The first kappa shape index (κ1) is 19.6. The van der Waals surface area contributed by atoms with E-state index in [-0.39, 0.29) is 11.8 Å². The number of nitrogens with zero attached hydrogens (tertiary/aromatic N) is 3. The van der Waals surface area contributed by atoms with Crippen molar-refractivity contribution in [3.05, 3.63) is 94.8 Å². The average Bonchev–Trinajstić information content (AvgIpc) is 3.32. The molecule has 2 heterocycles. The molecule has 0 bridgehead atoms. The summed E-state index contributed by atoms with van der Waals surface area (Å²) < 4.78 is 2.30. The van der Waals surface area contributed by atoms with Gasteiger partial charge in [0.25, 0.3) is 0 Å². The molecule has 1 amide bonds. The van der Waals surface area contributed by atoms with Gasteiger partial charge in [-0.3, -0.25) is 4.79 Å². The maximum atomic E-state index is 13.0. The summed E-state index contributed by atoms with van der Waals surface area (Å²) in [6, 6.07) is 23.2. The van der Waals surface area contributed by atoms with Gasteiger partial charge in [0.1, 0.15) is 5.82 Å². The largest absolute Gasteiger partial charge is 0.323 e. The van der Waals surface area contributed by atoms with Crippen LogP contribution in [0.2, 0.25) is 0 Å². The third kappa shape index (κ3) is 3.63. The smallest absolute Gasteiger partial charge is 0.227 e. The number of carbonyl (C=O) groups excluding carboxylic acids is 1. The Kier molecular flexibility index (Phi) is 4.85. The van der Waals surface area contributed by atoms with Crippen molar-refractivity contribution in [1.29, 1.82) is 0 Å². The van der Waals surface area contributed by atoms with E-state index in [1.807, 2.05) is 11.0 Å². The molecule has 0 spiro atoms. The summed E-state index contributed by atoms with van der Waals surface area (Å²) in [7, 11) is 0. The summed E-state index contributed by atoms with van der Waals surface area (Å²) in [5.74, 6) is 1.25. The van der Waals surface area contributed by atoms with Gasteiger partial charge < -0.3 is 9.47 Å². The van der Waals surface area contributed by atoms with Crippen LogP contribution in [-0.4, -0.2) is 22.0 Å². The van der Waals surface area contributed by atoms with Crippen LogP contribution in [-0.2, 0) is 11.3 Å². The van der Waals surface area contributed by atoms with Gasteiger partial charge in [0.15, 0.2) is 0 Å². The van der Waals surface area contributed by atoms with Gasteiger partial charge in [-0.1, -0.05) is 54.1 Å². The van der Waals surface area contributed by atoms with E-state index < -0.39 is 0 Å². The van der Waals surface area contributed by atoms with Crippen LogP contribution in [0.25, 0.3) is 11.0 Å². The molecule has 4 heteroatoms. The third-order valence-electron chi connectivity index (χ3n) is 6.29. The van der Waals surface area contributed by atoms with Crippen LogP contribution in [0.3, 0.4) is 0 Å². The van der Waals surface area contributed by atoms with Crippen LogP contribution in [0.1, 0.15) is 40.4 Å². The summed E-state index contributed by atoms with van der Waals surface area (Å²) in [6.07, 6.45) is 0.491. The summed E-state index contributed by atoms with van der Waals surface area (Å²) >= 11 is 0. The number of hydrogen-bond acceptors (Lipinski definition) is 2. The summed E-state index contributed by atoms with van der Waals surface area (Å²) in [6.45, 7) is 7.67. The van der Waals surface area contributed by atoms with Crippen LogP contribution in [0, 0.1) is 20.8 Å². The summed E-state index contributed by atoms with van der Waals surface area (Å²) in [4.78, 5) is 20.0. The highest BCUT2D eigenvalue weighted by molar-refractivity contribution is 5.97. The highest BCUT2D eigenvalue weighted by Gasteiger charge is 2.35. The zero-order valence-corrected chi connectivity index (χ0v) is 18.3. The van der Waals surface area contributed by atoms with E-state index in [0.29, 0.717) is 13.0 Å². The number of amides is 1. The van der Waals surface area contributed by atoms with Crippen LogP contribution in [0.5, 0.6) is 0 Å². The lowest BCUT2D eigenvalue weighted by Gasteiger charge is -2.20. The molecule has 4 nitrogen and oxygen atoms in total. The van der Waals surface area contributed by atoms with Crippen LogP contribution in [0.4, 0.5) is 5.69 Å². The van der Waals surface area contributed by atoms with E-state index in [2.05, 4.69) is 86.0 Å². The predicted octanol–water partition coefficient (Wildman–Crippen LogP) is 5.53. The molecule has 31 heavy (non-hydrogen) atoms. The topological polar surface area (TPSA) is 38.1 Å². The second-order valence-electron chi connectivity index (χ2n) is 8.73. The molecule has 1 saturated heterocycles. The Bertz CT molecular complexity index is 1270. The molecule has 0 N–H and O–H groups in total. The second-order valence-corrected chi connectivity index (χ2v) is 8.73. The minimum Gasteiger partial charge on any atom is -0.323 e. The Morgan fingerprint density at radius 3 is 2.48 bits per heavy atom. The van der Waals surface area contributed by atoms with Gasteiger partial charge in [-0.05, 0) is 55.7 Å². The maximum absolute atomic E-state index is 13.0. The number of rotatable bonds is 4. The molecule has 0 saturated carbocycles. The lowest BCUT2D eigenvalue weighted by Crippen LogP contribution is -2.25. The fraction of sp³-hybridized carbons (Fsp3) is 0.259. The molecular formula is C27H27N3O. The van der Waals surface area contributed by atoms with Gasteiger partial charge >= 0.3 is 0 Å². The Morgan fingerprint density at radius 1 is 0.935 bits per heavy atom. The number of hydrogen-bond donors (Lipinski definition) is 0. The summed E-state index contributed by atoms with van der Waals surface area (Å²) in [5.41, 5.74) is 7.93. The first-order valence-electron chi connectivity index (χ1n) is 10.9. The van der Waals surface area contributed by atoms with Crippen LogP contribution in [0.15, 0.2) is 66.7 Å². The average molecular weight is 410 g/mol. The van der Waals surface area contributed by atoms with Gasteiger partial charge in [-0.15, -0.1) is 0 Å². The van der Waals surface area contributed by atoms with Crippen molar-refractivity contribution in [2.45, 2.75) is 39.7 Å². The molecule has 1 atom stereocenters. The Labute approximate surface area is 183 Å². The van der Waals surface area contributed by atoms with Crippen molar-refractivity contribution in [3.8, 4) is 0 Å². The van der Waals surface area contributed by atoms with Crippen molar-refractivity contribution in [2.24, 2.45) is 0 Å². The van der Waals surface area contributed by atoms with Crippen molar-refractivity contribution < 1.29 is 4.79 Å². The number of fused-ring (bicyclic) bond motifs is 1. The number of carbonyl (C=O) groups is 1. The maximum Gasteiger partial charge on any atom is 0.227 e. The molecule has 0 unspecified atom stereocenters. The second kappa shape index (κ2) is 7.69. The third-order valence-corrected chi connectivity index (χ3v) is 6.29. The van der Waals surface area contributed by atoms with Gasteiger partial charge in [-0.2, -0.15) is 0 Å². The molecular weight excluding hydrogens is 382 g/mol. The lowest BCUT2D eigenvalue weighted by atomic mass is 10.1. The molecule has 0 aliphatic carbocycles. The van der Waals surface area contributed by atoms with Crippen molar-refractivity contribution in [1.82, 2.24) is 9.55 Å². The quantitative estimate of drug-likeness (QED) is 0.444. The molecule has 156 valence electrons. The van der Waals surface area contributed by atoms with Crippen molar-refractivity contribution in [3.63, 3.8) is 0 Å². The predicted molar refractivity (Wildman–Crippen MR) is 126 cm³/mol. The van der Waals surface area contributed by atoms with E-state index in [9.17, 15) is 4.79 Å². The Balaban J connectivity index is 1.53. The first-order valence-corrected chi connectivity index (χ1v) is 10.9. The summed E-state index contributed by atoms with van der Waals surface area (Å²) in [5, 5.41) is 0. The van der Waals surface area contributed by atoms with E-state index in [4.69, 9.17) is 4.98 Å². The molecule has 5 rings (SSSR count). The monoisotopic (exact) mass is 409 g/mol. The van der Waals surface area contributed by atoms with Gasteiger partial charge in [0.05, 0.1) is 11.0 Å². The molecule has 3 aromatic carbocycles. The molecule has 1 aliphatic rings. The Hall–Kier alpha value is -3.40. The SMILES string of the molecule is Cc1ccc(Cn2c([C@@H]3CC(=O)N(c4cc(C)ccc4C)C3)nc3ccccc32)cc1. The van der Waals surface area contributed by atoms with E-state index in [1.165, 1.54) is 16.7 Å². The highest BCUT2D eigenvalue weighted by atomic mass is 16.2.